The third-order valence-electron chi connectivity index (χ3n) is 6.86. The van der Waals surface area contributed by atoms with Crippen molar-refractivity contribution in [3.05, 3.63) is 23.8 Å². The van der Waals surface area contributed by atoms with E-state index in [9.17, 15) is 4.79 Å². The van der Waals surface area contributed by atoms with Crippen LogP contribution in [0, 0.1) is 23.2 Å². The van der Waals surface area contributed by atoms with Crippen LogP contribution in [0.25, 0.3) is 11.0 Å². The van der Waals surface area contributed by atoms with Crippen molar-refractivity contribution in [3.8, 4) is 0 Å². The Hall–Kier alpha value is -1.91. The molecule has 1 N–H and O–H groups in total. The Labute approximate surface area is 148 Å². The first kappa shape index (κ1) is 15.4. The van der Waals surface area contributed by atoms with E-state index in [2.05, 4.69) is 15.6 Å². The molecular weight excluding hydrogens is 312 g/mol. The van der Waals surface area contributed by atoms with Crippen LogP contribution in [0.3, 0.4) is 0 Å². The minimum atomic E-state index is 0.0312. The first-order valence-electron chi connectivity index (χ1n) is 9.75. The Morgan fingerprint density at radius 2 is 1.88 bits per heavy atom. The maximum Gasteiger partial charge on any atom is 0.251 e. The number of hydrogen-bond donors (Lipinski definition) is 1. The van der Waals surface area contributed by atoms with Gasteiger partial charge in [0, 0.05) is 18.7 Å². The van der Waals surface area contributed by atoms with Crippen LogP contribution in [0.2, 0.25) is 0 Å². The molecule has 1 aromatic carbocycles. The van der Waals surface area contributed by atoms with Gasteiger partial charge in [0.15, 0.2) is 0 Å². The maximum atomic E-state index is 12.7. The second-order valence-electron chi connectivity index (χ2n) is 8.71. The molecule has 5 nitrogen and oxygen atoms in total. The van der Waals surface area contributed by atoms with Gasteiger partial charge in [0.1, 0.15) is 5.52 Å². The minimum Gasteiger partial charge on any atom is -0.351 e. The molecule has 1 heterocycles. The monoisotopic (exact) mass is 338 g/mol. The lowest BCUT2D eigenvalue weighted by Gasteiger charge is -2.56. The molecule has 25 heavy (non-hydrogen) atoms. The molecule has 6 rings (SSSR count). The van der Waals surface area contributed by atoms with E-state index in [-0.39, 0.29) is 5.91 Å². The molecule has 0 aliphatic heterocycles. The van der Waals surface area contributed by atoms with Crippen LogP contribution in [0.15, 0.2) is 18.2 Å². The number of nitrogens with zero attached hydrogens (tertiary/aromatic N) is 3. The van der Waals surface area contributed by atoms with E-state index in [1.807, 2.05) is 29.8 Å². The summed E-state index contributed by atoms with van der Waals surface area (Å²) in [5, 5.41) is 11.5. The van der Waals surface area contributed by atoms with Gasteiger partial charge in [0.05, 0.1) is 5.52 Å². The molecule has 0 saturated heterocycles. The Morgan fingerprint density at radius 1 is 1.20 bits per heavy atom. The summed E-state index contributed by atoms with van der Waals surface area (Å²) in [6.07, 6.45) is 8.29. The number of nitrogens with one attached hydrogen (secondary N) is 1. The summed E-state index contributed by atoms with van der Waals surface area (Å²) in [4.78, 5) is 12.7. The lowest BCUT2D eigenvalue weighted by molar-refractivity contribution is -0.0503. The Balaban J connectivity index is 1.31. The van der Waals surface area contributed by atoms with Crippen molar-refractivity contribution in [2.45, 2.75) is 52.0 Å². The van der Waals surface area contributed by atoms with Crippen LogP contribution in [-0.4, -0.2) is 27.4 Å². The van der Waals surface area contributed by atoms with Gasteiger partial charge < -0.3 is 5.32 Å². The van der Waals surface area contributed by atoms with E-state index in [4.69, 9.17) is 0 Å². The zero-order valence-corrected chi connectivity index (χ0v) is 14.9. The number of aryl methyl sites for hydroxylation is 1. The topological polar surface area (TPSA) is 59.8 Å². The minimum absolute atomic E-state index is 0.0312. The number of fused-ring (bicyclic) bond motifs is 1. The predicted molar refractivity (Wildman–Crippen MR) is 96.1 cm³/mol. The van der Waals surface area contributed by atoms with E-state index < -0.39 is 0 Å². The second-order valence-corrected chi connectivity index (χ2v) is 8.71. The molecule has 0 radical (unpaired) electrons. The van der Waals surface area contributed by atoms with Crippen LogP contribution >= 0.6 is 0 Å². The van der Waals surface area contributed by atoms with Crippen molar-refractivity contribution >= 4 is 16.9 Å². The summed E-state index contributed by atoms with van der Waals surface area (Å²) in [6.45, 7) is 3.67. The first-order chi connectivity index (χ1) is 12.1. The van der Waals surface area contributed by atoms with E-state index in [0.29, 0.717) is 11.0 Å². The van der Waals surface area contributed by atoms with Gasteiger partial charge in [-0.1, -0.05) is 5.21 Å². The molecule has 4 saturated carbocycles. The fraction of sp³-hybridized carbons (Fsp3) is 0.650. The molecule has 5 heteroatoms. The van der Waals surface area contributed by atoms with Crippen molar-refractivity contribution in [1.82, 2.24) is 20.3 Å². The van der Waals surface area contributed by atoms with Gasteiger partial charge in [-0.3, -0.25) is 4.79 Å². The Bertz CT molecular complexity index is 789. The van der Waals surface area contributed by atoms with Crippen molar-refractivity contribution in [2.75, 3.05) is 6.54 Å². The summed E-state index contributed by atoms with van der Waals surface area (Å²) in [6, 6.07) is 5.72. The van der Waals surface area contributed by atoms with Gasteiger partial charge in [-0.05, 0) is 86.8 Å². The van der Waals surface area contributed by atoms with Gasteiger partial charge in [0.25, 0.3) is 5.91 Å². The largest absolute Gasteiger partial charge is 0.351 e. The molecule has 4 fully saturated rings. The number of benzene rings is 1. The van der Waals surface area contributed by atoms with Crippen molar-refractivity contribution < 1.29 is 4.79 Å². The van der Waals surface area contributed by atoms with Crippen molar-refractivity contribution in [2.24, 2.45) is 23.2 Å². The molecular formula is C20H26N4O. The Morgan fingerprint density at radius 3 is 2.52 bits per heavy atom. The average Bonchev–Trinajstić information content (AvgIpc) is 3.01. The van der Waals surface area contributed by atoms with E-state index in [0.717, 1.165) is 41.9 Å². The lowest BCUT2D eigenvalue weighted by Crippen LogP contribution is -2.51. The molecule has 2 aromatic rings. The molecule has 132 valence electrons. The zero-order valence-electron chi connectivity index (χ0n) is 14.9. The fourth-order valence-corrected chi connectivity index (χ4v) is 6.22. The summed E-state index contributed by atoms with van der Waals surface area (Å²) in [5.41, 5.74) is 2.85. The number of carbonyl (C=O) groups excluding carboxylic acids is 1. The highest BCUT2D eigenvalue weighted by atomic mass is 16.1. The lowest BCUT2D eigenvalue weighted by atomic mass is 9.49. The summed E-state index contributed by atoms with van der Waals surface area (Å²) in [5.74, 6) is 2.79. The Kier molecular flexibility index (Phi) is 3.41. The van der Waals surface area contributed by atoms with Gasteiger partial charge in [-0.2, -0.15) is 0 Å². The number of carbonyl (C=O) groups is 1. The molecule has 0 spiro atoms. The third-order valence-corrected chi connectivity index (χ3v) is 6.86. The van der Waals surface area contributed by atoms with Gasteiger partial charge in [0.2, 0.25) is 0 Å². The SMILES string of the molecule is CCn1nnc2cc(C(=O)NCC34CC5CC(CC(C5)C3)C4)ccc21. The smallest absolute Gasteiger partial charge is 0.251 e. The van der Waals surface area contributed by atoms with Crippen molar-refractivity contribution in [1.29, 1.82) is 0 Å². The zero-order chi connectivity index (χ0) is 17.0. The molecule has 0 unspecified atom stereocenters. The van der Waals surface area contributed by atoms with Crippen LogP contribution in [0.5, 0.6) is 0 Å². The van der Waals surface area contributed by atoms with Crippen LogP contribution in [0.4, 0.5) is 0 Å². The first-order valence-corrected chi connectivity index (χ1v) is 9.75. The van der Waals surface area contributed by atoms with Crippen LogP contribution < -0.4 is 5.32 Å². The summed E-state index contributed by atoms with van der Waals surface area (Å²) < 4.78 is 1.85. The van der Waals surface area contributed by atoms with Gasteiger partial charge in [-0.25, -0.2) is 4.68 Å². The summed E-state index contributed by atoms with van der Waals surface area (Å²) >= 11 is 0. The average molecular weight is 338 g/mol. The molecule has 1 aromatic heterocycles. The molecule has 4 aliphatic rings. The summed E-state index contributed by atoms with van der Waals surface area (Å²) in [7, 11) is 0. The van der Waals surface area contributed by atoms with E-state index in [1.54, 1.807) is 0 Å². The molecule has 1 amide bonds. The quantitative estimate of drug-likeness (QED) is 0.929. The molecule has 4 aliphatic carbocycles. The van der Waals surface area contributed by atoms with Crippen LogP contribution in [0.1, 0.15) is 55.8 Å². The highest BCUT2D eigenvalue weighted by Gasteiger charge is 2.50. The fourth-order valence-electron chi connectivity index (χ4n) is 6.22. The molecule has 4 bridgehead atoms. The van der Waals surface area contributed by atoms with Crippen LogP contribution in [-0.2, 0) is 6.54 Å². The highest BCUT2D eigenvalue weighted by molar-refractivity contribution is 5.97. The number of hydrogen-bond acceptors (Lipinski definition) is 3. The second kappa shape index (κ2) is 5.55. The van der Waals surface area contributed by atoms with Gasteiger partial charge >= 0.3 is 0 Å². The highest BCUT2D eigenvalue weighted by Crippen LogP contribution is 2.59. The molecule has 0 atom stereocenters. The van der Waals surface area contributed by atoms with Crippen molar-refractivity contribution in [3.63, 3.8) is 0 Å². The predicted octanol–water partition coefficient (Wildman–Crippen LogP) is 3.40. The maximum absolute atomic E-state index is 12.7. The normalized spacial score (nSPS) is 33.1. The van der Waals surface area contributed by atoms with E-state index in [1.165, 1.54) is 38.5 Å². The number of rotatable bonds is 4. The number of amides is 1. The van der Waals surface area contributed by atoms with Gasteiger partial charge in [-0.15, -0.1) is 5.10 Å². The van der Waals surface area contributed by atoms with E-state index >= 15 is 0 Å². The third kappa shape index (κ3) is 2.55. The standard InChI is InChI=1S/C20H26N4O/c1-2-24-18-4-3-16(8-17(18)22-23-24)19(25)21-12-20-9-13-5-14(10-20)7-15(6-13)11-20/h3-4,8,13-15H,2,5-7,9-12H2,1H3,(H,21,25). The number of aromatic nitrogens is 3.